The largest absolute Gasteiger partial charge is 0.384 e. The van der Waals surface area contributed by atoms with E-state index in [2.05, 4.69) is 27.2 Å². The Morgan fingerprint density at radius 3 is 2.87 bits per heavy atom. The third-order valence-electron chi connectivity index (χ3n) is 5.19. The van der Waals surface area contributed by atoms with Gasteiger partial charge in [-0.3, -0.25) is 9.69 Å². The molecule has 23 heavy (non-hydrogen) atoms. The number of piperazine rings is 1. The van der Waals surface area contributed by atoms with Crippen molar-refractivity contribution >= 4 is 36.4 Å². The lowest BCUT2D eigenvalue weighted by Gasteiger charge is -2.44. The molecule has 2 saturated heterocycles. The van der Waals surface area contributed by atoms with Crippen LogP contribution in [-0.4, -0.2) is 54.5 Å². The van der Waals surface area contributed by atoms with Gasteiger partial charge in [0.15, 0.2) is 0 Å². The highest BCUT2D eigenvalue weighted by Crippen LogP contribution is 2.25. The van der Waals surface area contributed by atoms with Gasteiger partial charge in [0.1, 0.15) is 0 Å². The highest BCUT2D eigenvalue weighted by molar-refractivity contribution is 5.95. The molecule has 128 valence electrons. The summed E-state index contributed by atoms with van der Waals surface area (Å²) in [5.74, 6) is 0.218. The number of carbonyl (C=O) groups excluding carboxylic acids is 1. The lowest BCUT2D eigenvalue weighted by molar-refractivity contribution is 0.0372. The maximum absolute atomic E-state index is 12.8. The van der Waals surface area contributed by atoms with E-state index in [9.17, 15) is 4.79 Å². The summed E-state index contributed by atoms with van der Waals surface area (Å²) < 4.78 is 0. The number of anilines is 1. The molecule has 4 nitrogen and oxygen atoms in total. The molecule has 0 spiro atoms. The van der Waals surface area contributed by atoms with Crippen LogP contribution in [0, 0.1) is 0 Å². The van der Waals surface area contributed by atoms with Gasteiger partial charge in [-0.05, 0) is 49.6 Å². The Balaban J connectivity index is 0.000000960. The molecule has 3 aliphatic rings. The number of amides is 1. The minimum atomic E-state index is 0. The normalized spacial score (nSPS) is 23.0. The Kier molecular flexibility index (Phi) is 6.18. The van der Waals surface area contributed by atoms with Gasteiger partial charge in [-0.1, -0.05) is 6.42 Å². The zero-order valence-electron chi connectivity index (χ0n) is 13.3. The molecule has 1 atom stereocenters. The van der Waals surface area contributed by atoms with Gasteiger partial charge in [0.05, 0.1) is 0 Å². The number of nitrogens with zero attached hydrogens (tertiary/aromatic N) is 2. The van der Waals surface area contributed by atoms with Crippen molar-refractivity contribution in [3.63, 3.8) is 0 Å². The molecule has 0 saturated carbocycles. The van der Waals surface area contributed by atoms with Crippen LogP contribution in [0.2, 0.25) is 0 Å². The van der Waals surface area contributed by atoms with Crippen LogP contribution in [0.5, 0.6) is 0 Å². The molecular weight excluding hydrogens is 333 g/mol. The SMILES string of the molecule is Cl.Cl.O=C(c1ccc2c(c1)CCN2)N1CCN2CCCCC2C1. The molecule has 6 heteroatoms. The second kappa shape index (κ2) is 7.73. The summed E-state index contributed by atoms with van der Waals surface area (Å²) >= 11 is 0. The molecule has 1 aromatic rings. The van der Waals surface area contributed by atoms with Crippen LogP contribution in [0.1, 0.15) is 35.2 Å². The van der Waals surface area contributed by atoms with Crippen LogP contribution in [0.25, 0.3) is 0 Å². The van der Waals surface area contributed by atoms with E-state index >= 15 is 0 Å². The highest BCUT2D eigenvalue weighted by Gasteiger charge is 2.31. The van der Waals surface area contributed by atoms with Crippen LogP contribution in [-0.2, 0) is 6.42 Å². The minimum absolute atomic E-state index is 0. The number of nitrogens with one attached hydrogen (secondary N) is 1. The summed E-state index contributed by atoms with van der Waals surface area (Å²) in [7, 11) is 0. The third-order valence-corrected chi connectivity index (χ3v) is 5.19. The van der Waals surface area contributed by atoms with Gasteiger partial charge in [-0.2, -0.15) is 0 Å². The number of rotatable bonds is 1. The van der Waals surface area contributed by atoms with Crippen molar-refractivity contribution in [3.8, 4) is 0 Å². The first-order valence-corrected chi connectivity index (χ1v) is 8.21. The van der Waals surface area contributed by atoms with E-state index in [-0.39, 0.29) is 30.7 Å². The monoisotopic (exact) mass is 357 g/mol. The lowest BCUT2D eigenvalue weighted by Crippen LogP contribution is -2.56. The fourth-order valence-corrected chi connectivity index (χ4v) is 3.96. The van der Waals surface area contributed by atoms with Gasteiger partial charge in [0.2, 0.25) is 0 Å². The molecular formula is C17H25Cl2N3O. The Labute approximate surface area is 150 Å². The second-order valence-electron chi connectivity index (χ2n) is 6.49. The maximum Gasteiger partial charge on any atom is 0.253 e. The van der Waals surface area contributed by atoms with Crippen LogP contribution < -0.4 is 5.32 Å². The van der Waals surface area contributed by atoms with Crippen molar-refractivity contribution in [2.24, 2.45) is 0 Å². The Morgan fingerprint density at radius 2 is 2.00 bits per heavy atom. The second-order valence-corrected chi connectivity index (χ2v) is 6.49. The predicted octanol–water partition coefficient (Wildman–Crippen LogP) is 2.81. The summed E-state index contributed by atoms with van der Waals surface area (Å²) in [5.41, 5.74) is 3.35. The van der Waals surface area contributed by atoms with E-state index in [1.165, 1.54) is 37.1 Å². The van der Waals surface area contributed by atoms with Crippen molar-refractivity contribution in [2.75, 3.05) is 38.0 Å². The summed E-state index contributed by atoms with van der Waals surface area (Å²) in [4.78, 5) is 17.4. The Hall–Kier alpha value is -0.970. The number of piperidine rings is 1. The smallest absolute Gasteiger partial charge is 0.253 e. The Morgan fingerprint density at radius 1 is 1.13 bits per heavy atom. The van der Waals surface area contributed by atoms with Gasteiger partial charge in [0.25, 0.3) is 5.91 Å². The zero-order valence-corrected chi connectivity index (χ0v) is 14.9. The summed E-state index contributed by atoms with van der Waals surface area (Å²) in [5, 5.41) is 3.35. The maximum atomic E-state index is 12.8. The van der Waals surface area contributed by atoms with E-state index in [0.29, 0.717) is 6.04 Å². The zero-order chi connectivity index (χ0) is 14.2. The summed E-state index contributed by atoms with van der Waals surface area (Å²) in [6.45, 7) is 5.05. The van der Waals surface area contributed by atoms with E-state index in [1.54, 1.807) is 0 Å². The average molecular weight is 358 g/mol. The van der Waals surface area contributed by atoms with E-state index in [4.69, 9.17) is 0 Å². The molecule has 1 N–H and O–H groups in total. The molecule has 3 heterocycles. The fourth-order valence-electron chi connectivity index (χ4n) is 3.96. The molecule has 2 fully saturated rings. The molecule has 0 aromatic heterocycles. The van der Waals surface area contributed by atoms with Gasteiger partial charge in [-0.25, -0.2) is 0 Å². The minimum Gasteiger partial charge on any atom is -0.384 e. The first kappa shape index (κ1) is 18.4. The van der Waals surface area contributed by atoms with E-state index < -0.39 is 0 Å². The average Bonchev–Trinajstić information content (AvgIpc) is 3.01. The molecule has 1 unspecified atom stereocenters. The number of benzene rings is 1. The number of fused-ring (bicyclic) bond motifs is 2. The standard InChI is InChI=1S/C17H23N3O.2ClH/c21-17(14-4-5-16-13(11-14)6-7-18-16)20-10-9-19-8-2-1-3-15(19)12-20;;/h4-5,11,15,18H,1-3,6-10,12H2;2*1H. The van der Waals surface area contributed by atoms with Crippen molar-refractivity contribution < 1.29 is 4.79 Å². The number of carbonyl (C=O) groups is 1. The van der Waals surface area contributed by atoms with E-state index in [1.807, 2.05) is 6.07 Å². The molecule has 0 bridgehead atoms. The molecule has 4 rings (SSSR count). The quantitative estimate of drug-likeness (QED) is 0.839. The first-order chi connectivity index (χ1) is 10.3. The van der Waals surface area contributed by atoms with Crippen LogP contribution in [0.4, 0.5) is 5.69 Å². The summed E-state index contributed by atoms with van der Waals surface area (Å²) in [6, 6.07) is 6.72. The third kappa shape index (κ3) is 3.59. The van der Waals surface area contributed by atoms with Crippen LogP contribution >= 0.6 is 24.8 Å². The van der Waals surface area contributed by atoms with Gasteiger partial charge >= 0.3 is 0 Å². The number of hydrogen-bond donors (Lipinski definition) is 1. The molecule has 0 radical (unpaired) electrons. The first-order valence-electron chi connectivity index (χ1n) is 8.21. The molecule has 1 amide bonds. The van der Waals surface area contributed by atoms with Crippen molar-refractivity contribution in [3.05, 3.63) is 29.3 Å². The Bertz CT molecular complexity index is 567. The van der Waals surface area contributed by atoms with Crippen molar-refractivity contribution in [2.45, 2.75) is 31.7 Å². The van der Waals surface area contributed by atoms with Crippen LogP contribution in [0.15, 0.2) is 18.2 Å². The number of hydrogen-bond acceptors (Lipinski definition) is 3. The van der Waals surface area contributed by atoms with Crippen LogP contribution in [0.3, 0.4) is 0 Å². The van der Waals surface area contributed by atoms with Gasteiger partial charge in [0, 0.05) is 43.5 Å². The molecule has 0 aliphatic carbocycles. The van der Waals surface area contributed by atoms with Gasteiger partial charge < -0.3 is 10.2 Å². The lowest BCUT2D eigenvalue weighted by atomic mass is 9.99. The van der Waals surface area contributed by atoms with Crippen molar-refractivity contribution in [1.29, 1.82) is 0 Å². The topological polar surface area (TPSA) is 35.6 Å². The number of halogens is 2. The van der Waals surface area contributed by atoms with Gasteiger partial charge in [-0.15, -0.1) is 24.8 Å². The summed E-state index contributed by atoms with van der Waals surface area (Å²) in [6.07, 6.45) is 4.92. The molecule has 1 aromatic carbocycles. The predicted molar refractivity (Wildman–Crippen MR) is 98.2 cm³/mol. The molecule has 3 aliphatic heterocycles. The highest BCUT2D eigenvalue weighted by atomic mass is 35.5. The van der Waals surface area contributed by atoms with Crippen molar-refractivity contribution in [1.82, 2.24) is 9.80 Å². The van der Waals surface area contributed by atoms with E-state index in [0.717, 1.165) is 38.2 Å². The fraction of sp³-hybridized carbons (Fsp3) is 0.588.